The highest BCUT2D eigenvalue weighted by Gasteiger charge is 2.47. The molecule has 0 spiro atoms. The molecule has 0 saturated carbocycles. The summed E-state index contributed by atoms with van der Waals surface area (Å²) in [4.78, 5) is 12.4. The van der Waals surface area contributed by atoms with E-state index in [0.29, 0.717) is 18.8 Å². The fourth-order valence-corrected chi connectivity index (χ4v) is 3.59. The number of hydrogen-bond acceptors (Lipinski definition) is 5. The Hall–Kier alpha value is -1.41. The standard InChI is InChI=1S/C14H23N3O4S/c1-13(2,3)10-9-11(21-16-10)15-12(18)14(4,5)22(19,20)17-7-6-8-17/h9H,6-8H2,1-5H3,(H,15,18). The molecule has 1 N–H and O–H groups in total. The van der Waals surface area contributed by atoms with E-state index < -0.39 is 20.7 Å². The third-order valence-corrected chi connectivity index (χ3v) is 6.38. The number of carbonyl (C=O) groups is 1. The fraction of sp³-hybridized carbons (Fsp3) is 0.714. The molecule has 22 heavy (non-hydrogen) atoms. The van der Waals surface area contributed by atoms with E-state index in [1.54, 1.807) is 6.07 Å². The number of rotatable bonds is 4. The fourth-order valence-electron chi connectivity index (χ4n) is 1.92. The van der Waals surface area contributed by atoms with Crippen LogP contribution in [0, 0.1) is 0 Å². The van der Waals surface area contributed by atoms with Crippen LogP contribution in [0.25, 0.3) is 0 Å². The number of hydrogen-bond donors (Lipinski definition) is 1. The maximum atomic E-state index is 12.4. The van der Waals surface area contributed by atoms with Gasteiger partial charge in [0.25, 0.3) is 0 Å². The second-order valence-corrected chi connectivity index (χ2v) is 9.54. The average molecular weight is 329 g/mol. The van der Waals surface area contributed by atoms with Crippen LogP contribution in [0.2, 0.25) is 0 Å². The smallest absolute Gasteiger partial charge is 0.249 e. The molecule has 0 radical (unpaired) electrons. The van der Waals surface area contributed by atoms with Crippen molar-refractivity contribution < 1.29 is 17.7 Å². The van der Waals surface area contributed by atoms with Gasteiger partial charge in [-0.1, -0.05) is 25.9 Å². The molecule has 1 aromatic heterocycles. The van der Waals surface area contributed by atoms with Crippen molar-refractivity contribution in [3.05, 3.63) is 11.8 Å². The van der Waals surface area contributed by atoms with Crippen LogP contribution in [-0.2, 0) is 20.2 Å². The normalized spacial score (nSPS) is 17.1. The van der Waals surface area contributed by atoms with Crippen LogP contribution >= 0.6 is 0 Å². The Morgan fingerprint density at radius 2 is 1.86 bits per heavy atom. The lowest BCUT2D eigenvalue weighted by molar-refractivity contribution is -0.118. The van der Waals surface area contributed by atoms with Gasteiger partial charge in [-0.25, -0.2) is 12.7 Å². The van der Waals surface area contributed by atoms with E-state index in [1.165, 1.54) is 18.2 Å². The molecule has 0 unspecified atom stereocenters. The number of sulfonamides is 1. The Labute approximate surface area is 131 Å². The average Bonchev–Trinajstić information content (AvgIpc) is 2.73. The highest BCUT2D eigenvalue weighted by Crippen LogP contribution is 2.28. The van der Waals surface area contributed by atoms with Gasteiger partial charge in [0, 0.05) is 24.6 Å². The number of anilines is 1. The van der Waals surface area contributed by atoms with Crippen LogP contribution < -0.4 is 5.32 Å². The van der Waals surface area contributed by atoms with Gasteiger partial charge in [-0.2, -0.15) is 0 Å². The van der Waals surface area contributed by atoms with Gasteiger partial charge in [0.05, 0.1) is 5.69 Å². The van der Waals surface area contributed by atoms with Crippen molar-refractivity contribution in [3.63, 3.8) is 0 Å². The van der Waals surface area contributed by atoms with Gasteiger partial charge in [0.15, 0.2) is 4.75 Å². The van der Waals surface area contributed by atoms with Crippen molar-refractivity contribution in [2.24, 2.45) is 0 Å². The minimum atomic E-state index is -3.68. The second kappa shape index (κ2) is 5.34. The number of carbonyl (C=O) groups excluding carboxylic acids is 1. The molecule has 1 aliphatic heterocycles. The van der Waals surface area contributed by atoms with Crippen LogP contribution in [0.15, 0.2) is 10.6 Å². The first-order valence-electron chi connectivity index (χ1n) is 7.24. The summed E-state index contributed by atoms with van der Waals surface area (Å²) in [7, 11) is -3.68. The summed E-state index contributed by atoms with van der Waals surface area (Å²) >= 11 is 0. The Kier molecular flexibility index (Phi) is 4.12. The highest BCUT2D eigenvalue weighted by molar-refractivity contribution is 7.91. The molecule has 1 aromatic rings. The third kappa shape index (κ3) is 2.89. The number of aromatic nitrogens is 1. The first kappa shape index (κ1) is 17.0. The van der Waals surface area contributed by atoms with E-state index in [4.69, 9.17) is 4.52 Å². The van der Waals surface area contributed by atoms with E-state index in [2.05, 4.69) is 10.5 Å². The van der Waals surface area contributed by atoms with E-state index >= 15 is 0 Å². The topological polar surface area (TPSA) is 92.5 Å². The summed E-state index contributed by atoms with van der Waals surface area (Å²) in [6.07, 6.45) is 0.827. The molecule has 124 valence electrons. The Morgan fingerprint density at radius 3 is 2.27 bits per heavy atom. The molecule has 7 nitrogen and oxygen atoms in total. The van der Waals surface area contributed by atoms with Crippen molar-refractivity contribution >= 4 is 21.8 Å². The van der Waals surface area contributed by atoms with Crippen LogP contribution in [-0.4, -0.2) is 41.6 Å². The van der Waals surface area contributed by atoms with Gasteiger partial charge >= 0.3 is 0 Å². The van der Waals surface area contributed by atoms with E-state index in [0.717, 1.165) is 6.42 Å². The SMILES string of the molecule is CC(C)(C)c1cc(NC(=O)C(C)(C)S(=O)(=O)N2CCC2)on1. The lowest BCUT2D eigenvalue weighted by atomic mass is 9.92. The third-order valence-electron chi connectivity index (χ3n) is 3.86. The number of nitrogens with one attached hydrogen (secondary N) is 1. The Morgan fingerprint density at radius 1 is 1.27 bits per heavy atom. The van der Waals surface area contributed by atoms with Crippen molar-refractivity contribution in [1.29, 1.82) is 0 Å². The van der Waals surface area contributed by atoms with Crippen molar-refractivity contribution in [2.75, 3.05) is 18.4 Å². The first-order chi connectivity index (χ1) is 9.96. The zero-order valence-corrected chi connectivity index (χ0v) is 14.5. The summed E-state index contributed by atoms with van der Waals surface area (Å²) in [5, 5.41) is 6.41. The molecule has 1 aliphatic rings. The maximum Gasteiger partial charge on any atom is 0.249 e. The van der Waals surface area contributed by atoms with E-state index in [1.807, 2.05) is 20.8 Å². The van der Waals surface area contributed by atoms with Crippen molar-refractivity contribution in [1.82, 2.24) is 9.46 Å². The molecule has 8 heteroatoms. The Balaban J connectivity index is 2.16. The summed E-state index contributed by atoms with van der Waals surface area (Å²) in [6.45, 7) is 9.64. The van der Waals surface area contributed by atoms with Gasteiger partial charge in [-0.15, -0.1) is 0 Å². The largest absolute Gasteiger partial charge is 0.338 e. The van der Waals surface area contributed by atoms with Gasteiger partial charge < -0.3 is 4.52 Å². The van der Waals surface area contributed by atoms with Crippen LogP contribution in [0.1, 0.15) is 46.7 Å². The summed E-state index contributed by atoms with van der Waals surface area (Å²) < 4.78 is 29.7. The van der Waals surface area contributed by atoms with Gasteiger partial charge in [0.1, 0.15) is 0 Å². The van der Waals surface area contributed by atoms with E-state index in [9.17, 15) is 13.2 Å². The molecule has 2 heterocycles. The molecule has 1 amide bonds. The molecule has 1 saturated heterocycles. The summed E-state index contributed by atoms with van der Waals surface area (Å²) in [5.41, 5.74) is 0.470. The molecule has 0 atom stereocenters. The molecule has 2 rings (SSSR count). The van der Waals surface area contributed by atoms with Crippen LogP contribution in [0.3, 0.4) is 0 Å². The lowest BCUT2D eigenvalue weighted by Crippen LogP contribution is -2.55. The predicted octanol–water partition coefficient (Wildman–Crippen LogP) is 1.72. The molecular weight excluding hydrogens is 306 g/mol. The first-order valence-corrected chi connectivity index (χ1v) is 8.68. The molecule has 1 fully saturated rings. The van der Waals surface area contributed by atoms with Crippen molar-refractivity contribution in [2.45, 2.75) is 51.2 Å². The zero-order chi connectivity index (χ0) is 16.8. The van der Waals surface area contributed by atoms with Crippen LogP contribution in [0.5, 0.6) is 0 Å². The minimum Gasteiger partial charge on any atom is -0.338 e. The van der Waals surface area contributed by atoms with E-state index in [-0.39, 0.29) is 11.3 Å². The summed E-state index contributed by atoms with van der Waals surface area (Å²) in [6, 6.07) is 1.62. The number of nitrogens with zero attached hydrogens (tertiary/aromatic N) is 2. The quantitative estimate of drug-likeness (QED) is 0.908. The van der Waals surface area contributed by atoms with Gasteiger partial charge in [0.2, 0.25) is 21.8 Å². The summed E-state index contributed by atoms with van der Waals surface area (Å²) in [5.74, 6) is -0.474. The monoisotopic (exact) mass is 329 g/mol. The van der Waals surface area contributed by atoms with Gasteiger partial charge in [-0.05, 0) is 20.3 Å². The minimum absolute atomic E-state index is 0.154. The molecule has 0 aromatic carbocycles. The zero-order valence-electron chi connectivity index (χ0n) is 13.6. The lowest BCUT2D eigenvalue weighted by Gasteiger charge is -2.36. The predicted molar refractivity (Wildman–Crippen MR) is 83.0 cm³/mol. The molecule has 0 bridgehead atoms. The van der Waals surface area contributed by atoms with Gasteiger partial charge in [-0.3, -0.25) is 10.1 Å². The highest BCUT2D eigenvalue weighted by atomic mass is 32.2. The number of amides is 1. The molecule has 0 aliphatic carbocycles. The Bertz CT molecular complexity index is 667. The molecular formula is C14H23N3O4S. The second-order valence-electron chi connectivity index (χ2n) is 7.05. The van der Waals surface area contributed by atoms with Crippen LogP contribution in [0.4, 0.5) is 5.88 Å². The van der Waals surface area contributed by atoms with Crippen molar-refractivity contribution in [3.8, 4) is 0 Å². The maximum absolute atomic E-state index is 12.4.